The Morgan fingerprint density at radius 3 is 3.00 bits per heavy atom. The number of hydrogen-bond donors (Lipinski definition) is 0. The maximum absolute atomic E-state index is 12.6. The minimum atomic E-state index is 0.0662. The summed E-state index contributed by atoms with van der Waals surface area (Å²) >= 11 is 0. The van der Waals surface area contributed by atoms with Gasteiger partial charge in [0.2, 0.25) is 0 Å². The van der Waals surface area contributed by atoms with Crippen LogP contribution in [0.25, 0.3) is 5.65 Å². The third-order valence-electron chi connectivity index (χ3n) is 3.82. The molecule has 19 heavy (non-hydrogen) atoms. The number of hydrogen-bond acceptors (Lipinski definition) is 4. The van der Waals surface area contributed by atoms with Gasteiger partial charge in [-0.3, -0.25) is 4.79 Å². The Balaban J connectivity index is 1.89. The highest BCUT2D eigenvalue weighted by Crippen LogP contribution is 2.23. The van der Waals surface area contributed by atoms with E-state index < -0.39 is 0 Å². The summed E-state index contributed by atoms with van der Waals surface area (Å²) < 4.78 is 1.53. The topological polar surface area (TPSA) is 63.4 Å². The lowest BCUT2D eigenvalue weighted by Gasteiger charge is -2.36. The molecular weight excluding hydrogens is 242 g/mol. The van der Waals surface area contributed by atoms with Gasteiger partial charge in [-0.05, 0) is 48.2 Å². The highest BCUT2D eigenvalue weighted by molar-refractivity contribution is 5.94. The number of aromatic nitrogens is 4. The van der Waals surface area contributed by atoms with E-state index in [2.05, 4.69) is 29.4 Å². The van der Waals surface area contributed by atoms with Crippen molar-refractivity contribution in [3.8, 4) is 0 Å². The minimum Gasteiger partial charge on any atom is -0.336 e. The summed E-state index contributed by atoms with van der Waals surface area (Å²) in [5, 5.41) is 11.2. The first-order chi connectivity index (χ1) is 9.15. The van der Waals surface area contributed by atoms with Gasteiger partial charge in [0.05, 0.1) is 5.56 Å². The van der Waals surface area contributed by atoms with Crippen LogP contribution in [-0.2, 0) is 0 Å². The summed E-state index contributed by atoms with van der Waals surface area (Å²) in [5.41, 5.74) is 1.29. The molecule has 1 fully saturated rings. The zero-order chi connectivity index (χ0) is 13.4. The first-order valence-corrected chi connectivity index (χ1v) is 6.64. The number of rotatable bonds is 1. The molecule has 0 spiro atoms. The van der Waals surface area contributed by atoms with Crippen LogP contribution in [-0.4, -0.2) is 43.4 Å². The fourth-order valence-electron chi connectivity index (χ4n) is 2.61. The van der Waals surface area contributed by atoms with Crippen molar-refractivity contribution < 1.29 is 4.79 Å². The molecule has 100 valence electrons. The van der Waals surface area contributed by atoms with E-state index in [1.54, 1.807) is 18.3 Å². The minimum absolute atomic E-state index is 0.0662. The largest absolute Gasteiger partial charge is 0.336 e. The molecule has 0 saturated carbocycles. The number of piperidine rings is 1. The van der Waals surface area contributed by atoms with Gasteiger partial charge in [-0.25, -0.2) is 0 Å². The van der Waals surface area contributed by atoms with Crippen LogP contribution >= 0.6 is 0 Å². The molecule has 1 amide bonds. The van der Waals surface area contributed by atoms with Crippen LogP contribution in [0.2, 0.25) is 0 Å². The number of tetrazole rings is 1. The predicted molar refractivity (Wildman–Crippen MR) is 69.7 cm³/mol. The number of carbonyl (C=O) groups is 1. The SMILES string of the molecule is C[C@@H]1CC[C@H](C)N(C(=O)c2ccc3nnnn3c2)C1. The van der Waals surface area contributed by atoms with Crippen LogP contribution in [0, 0.1) is 5.92 Å². The van der Waals surface area contributed by atoms with Gasteiger partial charge in [0, 0.05) is 18.8 Å². The lowest BCUT2D eigenvalue weighted by Crippen LogP contribution is -2.45. The maximum Gasteiger partial charge on any atom is 0.255 e. The number of carbonyl (C=O) groups excluding carboxylic acids is 1. The van der Waals surface area contributed by atoms with Crippen LogP contribution in [0.4, 0.5) is 0 Å². The average molecular weight is 259 g/mol. The lowest BCUT2D eigenvalue weighted by atomic mass is 9.94. The maximum atomic E-state index is 12.6. The zero-order valence-electron chi connectivity index (χ0n) is 11.2. The van der Waals surface area contributed by atoms with Crippen molar-refractivity contribution in [3.63, 3.8) is 0 Å². The summed E-state index contributed by atoms with van der Waals surface area (Å²) in [6.45, 7) is 5.13. The highest BCUT2D eigenvalue weighted by atomic mass is 16.2. The molecule has 0 aliphatic carbocycles. The number of nitrogens with zero attached hydrogens (tertiary/aromatic N) is 5. The average Bonchev–Trinajstić information content (AvgIpc) is 2.88. The molecule has 0 N–H and O–H groups in total. The van der Waals surface area contributed by atoms with E-state index in [1.807, 2.05) is 4.90 Å². The summed E-state index contributed by atoms with van der Waals surface area (Å²) in [6.07, 6.45) is 3.96. The molecule has 2 atom stereocenters. The van der Waals surface area contributed by atoms with Gasteiger partial charge in [0.1, 0.15) is 0 Å². The van der Waals surface area contributed by atoms with Crippen molar-refractivity contribution in [2.75, 3.05) is 6.54 Å². The molecular formula is C13H17N5O. The standard InChI is InChI=1S/C13H17N5O/c1-9-3-4-10(2)17(7-9)13(19)11-5-6-12-14-15-16-18(12)8-11/h5-6,8-10H,3-4,7H2,1-2H3/t9-,10+/m1/s1. The second-order valence-electron chi connectivity index (χ2n) is 5.39. The van der Waals surface area contributed by atoms with Gasteiger partial charge in [0.25, 0.3) is 5.91 Å². The molecule has 1 saturated heterocycles. The van der Waals surface area contributed by atoms with Gasteiger partial charge in [-0.15, -0.1) is 5.10 Å². The molecule has 2 aromatic rings. The molecule has 6 nitrogen and oxygen atoms in total. The second-order valence-corrected chi connectivity index (χ2v) is 5.39. The smallest absolute Gasteiger partial charge is 0.255 e. The lowest BCUT2D eigenvalue weighted by molar-refractivity contribution is 0.0573. The molecule has 0 aromatic carbocycles. The molecule has 2 aromatic heterocycles. The number of likely N-dealkylation sites (tertiary alicyclic amines) is 1. The van der Waals surface area contributed by atoms with Gasteiger partial charge in [-0.1, -0.05) is 6.92 Å². The van der Waals surface area contributed by atoms with E-state index in [0.29, 0.717) is 23.2 Å². The van der Waals surface area contributed by atoms with Gasteiger partial charge >= 0.3 is 0 Å². The van der Waals surface area contributed by atoms with Crippen LogP contribution < -0.4 is 0 Å². The summed E-state index contributed by atoms with van der Waals surface area (Å²) in [4.78, 5) is 14.5. The van der Waals surface area contributed by atoms with Gasteiger partial charge < -0.3 is 4.90 Å². The Morgan fingerprint density at radius 1 is 1.32 bits per heavy atom. The van der Waals surface area contributed by atoms with Crippen LogP contribution in [0.5, 0.6) is 0 Å². The van der Waals surface area contributed by atoms with Crippen molar-refractivity contribution in [1.29, 1.82) is 0 Å². The Bertz CT molecular complexity index is 608. The van der Waals surface area contributed by atoms with E-state index in [4.69, 9.17) is 0 Å². The van der Waals surface area contributed by atoms with Crippen molar-refractivity contribution >= 4 is 11.6 Å². The Labute approximate surface area is 111 Å². The van der Waals surface area contributed by atoms with E-state index in [1.165, 1.54) is 10.9 Å². The molecule has 0 bridgehead atoms. The van der Waals surface area contributed by atoms with Crippen molar-refractivity contribution in [3.05, 3.63) is 23.9 Å². The van der Waals surface area contributed by atoms with E-state index >= 15 is 0 Å². The van der Waals surface area contributed by atoms with E-state index in [-0.39, 0.29) is 5.91 Å². The molecule has 6 heteroatoms. The highest BCUT2D eigenvalue weighted by Gasteiger charge is 2.27. The fourth-order valence-corrected chi connectivity index (χ4v) is 2.61. The number of pyridine rings is 1. The van der Waals surface area contributed by atoms with Crippen LogP contribution in [0.3, 0.4) is 0 Å². The van der Waals surface area contributed by atoms with Crippen LogP contribution in [0.1, 0.15) is 37.0 Å². The monoisotopic (exact) mass is 259 g/mol. The Hall–Kier alpha value is -1.98. The number of fused-ring (bicyclic) bond motifs is 1. The quantitative estimate of drug-likeness (QED) is 0.776. The zero-order valence-corrected chi connectivity index (χ0v) is 11.2. The number of amides is 1. The molecule has 3 heterocycles. The van der Waals surface area contributed by atoms with E-state index in [0.717, 1.165) is 13.0 Å². The van der Waals surface area contributed by atoms with Crippen molar-refractivity contribution in [1.82, 2.24) is 24.9 Å². The predicted octanol–water partition coefficient (Wildman–Crippen LogP) is 1.38. The molecule has 0 radical (unpaired) electrons. The molecule has 1 aliphatic heterocycles. The third kappa shape index (κ3) is 2.18. The molecule has 0 unspecified atom stereocenters. The Morgan fingerprint density at radius 2 is 2.16 bits per heavy atom. The molecule has 3 rings (SSSR count). The van der Waals surface area contributed by atoms with E-state index in [9.17, 15) is 4.79 Å². The van der Waals surface area contributed by atoms with Gasteiger partial charge in [-0.2, -0.15) is 4.52 Å². The molecule has 1 aliphatic rings. The normalized spacial score (nSPS) is 23.8. The third-order valence-corrected chi connectivity index (χ3v) is 3.82. The van der Waals surface area contributed by atoms with Crippen LogP contribution in [0.15, 0.2) is 18.3 Å². The van der Waals surface area contributed by atoms with Crippen molar-refractivity contribution in [2.45, 2.75) is 32.7 Å². The first-order valence-electron chi connectivity index (χ1n) is 6.64. The van der Waals surface area contributed by atoms with Gasteiger partial charge in [0.15, 0.2) is 5.65 Å². The summed E-state index contributed by atoms with van der Waals surface area (Å²) in [5.74, 6) is 0.633. The van der Waals surface area contributed by atoms with Crippen molar-refractivity contribution in [2.24, 2.45) is 5.92 Å². The summed E-state index contributed by atoms with van der Waals surface area (Å²) in [7, 11) is 0. The summed E-state index contributed by atoms with van der Waals surface area (Å²) in [6, 6.07) is 3.86. The first kappa shape index (κ1) is 12.1. The Kier molecular flexibility index (Phi) is 2.93. The second kappa shape index (κ2) is 4.60. The fraction of sp³-hybridized carbons (Fsp3) is 0.538.